The van der Waals surface area contributed by atoms with Gasteiger partial charge >= 0.3 is 6.29 Å². The van der Waals surface area contributed by atoms with Crippen LogP contribution in [0.2, 0.25) is 0 Å². The van der Waals surface area contributed by atoms with E-state index in [-0.39, 0.29) is 17.4 Å². The molecule has 0 aromatic heterocycles. The predicted octanol–water partition coefficient (Wildman–Crippen LogP) is 1.95. The highest BCUT2D eigenvalue weighted by Crippen LogP contribution is 2.42. The van der Waals surface area contributed by atoms with Crippen LogP contribution in [0, 0.1) is 0 Å². The Morgan fingerprint density at radius 1 is 1.32 bits per heavy atom. The Balaban J connectivity index is 1.95. The summed E-state index contributed by atoms with van der Waals surface area (Å²) >= 11 is 0. The topological polar surface area (TPSA) is 59.6 Å². The largest absolute Gasteiger partial charge is 0.586 e. The highest BCUT2D eigenvalue weighted by molar-refractivity contribution is 5.91. The molecule has 0 saturated heterocycles. The van der Waals surface area contributed by atoms with Crippen LogP contribution >= 0.6 is 0 Å². The first-order valence-electron chi connectivity index (χ1n) is 5.90. The molecule has 0 radical (unpaired) electrons. The zero-order valence-corrected chi connectivity index (χ0v) is 10.3. The van der Waals surface area contributed by atoms with Gasteiger partial charge in [0, 0.05) is 24.7 Å². The average Bonchev–Trinajstić information content (AvgIpc) is 2.62. The summed E-state index contributed by atoms with van der Waals surface area (Å²) < 4.78 is 34.1. The van der Waals surface area contributed by atoms with Gasteiger partial charge < -0.3 is 20.1 Å². The lowest BCUT2D eigenvalue weighted by molar-refractivity contribution is -0.286. The fourth-order valence-electron chi connectivity index (χ4n) is 1.63. The number of hydrogen-bond acceptors (Lipinski definition) is 4. The van der Waals surface area contributed by atoms with Gasteiger partial charge in [-0.25, -0.2) is 0 Å². The number of nitrogens with one attached hydrogen (secondary N) is 2. The maximum Gasteiger partial charge on any atom is 0.586 e. The van der Waals surface area contributed by atoms with Crippen molar-refractivity contribution in [1.82, 2.24) is 5.32 Å². The number of ether oxygens (including phenoxy) is 2. The Bertz CT molecular complexity index is 480. The molecule has 0 atom stereocenters. The summed E-state index contributed by atoms with van der Waals surface area (Å²) in [6.45, 7) is 3.28. The summed E-state index contributed by atoms with van der Waals surface area (Å²) in [6, 6.07) is 4.12. The van der Waals surface area contributed by atoms with Crippen LogP contribution in [0.3, 0.4) is 0 Å². The van der Waals surface area contributed by atoms with E-state index in [2.05, 4.69) is 20.1 Å². The lowest BCUT2D eigenvalue weighted by Gasteiger charge is -2.06. The number of halogens is 2. The second-order valence-electron chi connectivity index (χ2n) is 3.98. The molecule has 1 aliphatic heterocycles. The number of amides is 1. The summed E-state index contributed by atoms with van der Waals surface area (Å²) in [5.74, 6) is -0.336. The van der Waals surface area contributed by atoms with Crippen LogP contribution in [-0.2, 0) is 4.79 Å². The predicted molar refractivity (Wildman–Crippen MR) is 64.4 cm³/mol. The number of hydrogen-bond donors (Lipinski definition) is 2. The van der Waals surface area contributed by atoms with Crippen molar-refractivity contribution < 1.29 is 23.0 Å². The molecule has 0 spiro atoms. The smallest absolute Gasteiger partial charge is 0.395 e. The second-order valence-corrected chi connectivity index (χ2v) is 3.98. The quantitative estimate of drug-likeness (QED) is 0.804. The fourth-order valence-corrected chi connectivity index (χ4v) is 1.63. The standard InChI is InChI=1S/C12H14F2N2O3/c1-2-15-6-5-11(17)16-8-3-4-9-10(7-8)19-12(13,14)18-9/h3-4,7,15H,2,5-6H2,1H3,(H,16,17). The van der Waals surface area contributed by atoms with Crippen molar-refractivity contribution in [3.05, 3.63) is 18.2 Å². The van der Waals surface area contributed by atoms with Crippen molar-refractivity contribution in [2.45, 2.75) is 19.6 Å². The highest BCUT2D eigenvalue weighted by Gasteiger charge is 2.43. The van der Waals surface area contributed by atoms with Gasteiger partial charge in [0.15, 0.2) is 11.5 Å². The van der Waals surface area contributed by atoms with Crippen molar-refractivity contribution >= 4 is 11.6 Å². The molecule has 5 nitrogen and oxygen atoms in total. The Kier molecular flexibility index (Phi) is 3.84. The van der Waals surface area contributed by atoms with Gasteiger partial charge in [0.25, 0.3) is 0 Å². The van der Waals surface area contributed by atoms with E-state index in [1.54, 1.807) is 0 Å². The lowest BCUT2D eigenvalue weighted by atomic mass is 10.2. The van der Waals surface area contributed by atoms with Crippen molar-refractivity contribution in [1.29, 1.82) is 0 Å². The summed E-state index contributed by atoms with van der Waals surface area (Å²) in [5.41, 5.74) is 0.390. The molecule has 1 amide bonds. The molecule has 1 aromatic rings. The van der Waals surface area contributed by atoms with E-state index in [9.17, 15) is 13.6 Å². The number of anilines is 1. The zero-order chi connectivity index (χ0) is 13.9. The van der Waals surface area contributed by atoms with Gasteiger partial charge in [0.1, 0.15) is 0 Å². The maximum absolute atomic E-state index is 12.8. The normalized spacial score (nSPS) is 15.3. The van der Waals surface area contributed by atoms with Crippen LogP contribution < -0.4 is 20.1 Å². The Morgan fingerprint density at radius 3 is 2.79 bits per heavy atom. The van der Waals surface area contributed by atoms with Crippen molar-refractivity contribution in [2.75, 3.05) is 18.4 Å². The molecular formula is C12H14F2N2O3. The Labute approximate surface area is 108 Å². The summed E-state index contributed by atoms with van der Waals surface area (Å²) in [4.78, 5) is 11.5. The van der Waals surface area contributed by atoms with Gasteiger partial charge in [-0.3, -0.25) is 4.79 Å². The van der Waals surface area contributed by atoms with E-state index >= 15 is 0 Å². The molecule has 1 aliphatic rings. The van der Waals surface area contributed by atoms with Gasteiger partial charge in [-0.2, -0.15) is 0 Å². The molecule has 104 valence electrons. The second kappa shape index (κ2) is 5.40. The van der Waals surface area contributed by atoms with Crippen molar-refractivity contribution in [3.8, 4) is 11.5 Å². The van der Waals surface area contributed by atoms with Crippen LogP contribution in [-0.4, -0.2) is 25.3 Å². The lowest BCUT2D eigenvalue weighted by Crippen LogP contribution is -2.25. The van der Waals surface area contributed by atoms with Gasteiger partial charge in [0.2, 0.25) is 5.91 Å². The molecule has 7 heteroatoms. The number of alkyl halides is 2. The third-order valence-electron chi connectivity index (χ3n) is 2.46. The number of rotatable bonds is 5. The van der Waals surface area contributed by atoms with Crippen LogP contribution in [0.15, 0.2) is 18.2 Å². The van der Waals surface area contributed by atoms with Crippen molar-refractivity contribution in [2.24, 2.45) is 0 Å². The molecule has 0 unspecified atom stereocenters. The van der Waals surface area contributed by atoms with E-state index in [0.29, 0.717) is 18.7 Å². The third kappa shape index (κ3) is 3.54. The average molecular weight is 272 g/mol. The summed E-state index contributed by atoms with van der Waals surface area (Å²) in [5, 5.41) is 5.61. The SMILES string of the molecule is CCNCCC(=O)Nc1ccc2c(c1)OC(F)(F)O2. The van der Waals surface area contributed by atoms with E-state index in [1.807, 2.05) is 6.92 Å². The molecule has 2 N–H and O–H groups in total. The Morgan fingerprint density at radius 2 is 2.05 bits per heavy atom. The first-order valence-corrected chi connectivity index (χ1v) is 5.90. The highest BCUT2D eigenvalue weighted by atomic mass is 19.3. The molecule has 0 aliphatic carbocycles. The minimum atomic E-state index is -3.64. The molecule has 1 aromatic carbocycles. The molecule has 0 bridgehead atoms. The number of carbonyl (C=O) groups excluding carboxylic acids is 1. The van der Waals surface area contributed by atoms with E-state index < -0.39 is 6.29 Å². The van der Waals surface area contributed by atoms with E-state index in [0.717, 1.165) is 6.54 Å². The van der Waals surface area contributed by atoms with Crippen molar-refractivity contribution in [3.63, 3.8) is 0 Å². The number of carbonyl (C=O) groups is 1. The minimum Gasteiger partial charge on any atom is -0.395 e. The zero-order valence-electron chi connectivity index (χ0n) is 10.3. The molecule has 0 fully saturated rings. The van der Waals surface area contributed by atoms with Gasteiger partial charge in [-0.1, -0.05) is 6.92 Å². The van der Waals surface area contributed by atoms with E-state index in [4.69, 9.17) is 0 Å². The maximum atomic E-state index is 12.8. The van der Waals surface area contributed by atoms with Gasteiger partial charge in [-0.15, -0.1) is 8.78 Å². The van der Waals surface area contributed by atoms with Crippen LogP contribution in [0.25, 0.3) is 0 Å². The van der Waals surface area contributed by atoms with Gasteiger partial charge in [0.05, 0.1) is 0 Å². The molecule has 2 rings (SSSR count). The van der Waals surface area contributed by atoms with E-state index in [1.165, 1.54) is 18.2 Å². The number of fused-ring (bicyclic) bond motifs is 1. The third-order valence-corrected chi connectivity index (χ3v) is 2.46. The monoisotopic (exact) mass is 272 g/mol. The fraction of sp³-hybridized carbons (Fsp3) is 0.417. The summed E-state index contributed by atoms with van der Waals surface area (Å²) in [6.07, 6.45) is -3.34. The molecular weight excluding hydrogens is 258 g/mol. The summed E-state index contributed by atoms with van der Waals surface area (Å²) in [7, 11) is 0. The Hall–Kier alpha value is -1.89. The van der Waals surface area contributed by atoms with Gasteiger partial charge in [-0.05, 0) is 18.7 Å². The first kappa shape index (κ1) is 13.5. The van der Waals surface area contributed by atoms with Crippen LogP contribution in [0.5, 0.6) is 11.5 Å². The molecule has 0 saturated carbocycles. The minimum absolute atomic E-state index is 0.0457. The molecule has 1 heterocycles. The molecule has 19 heavy (non-hydrogen) atoms. The first-order chi connectivity index (χ1) is 9.00. The van der Waals surface area contributed by atoms with Crippen LogP contribution in [0.4, 0.5) is 14.5 Å². The number of benzene rings is 1. The van der Waals surface area contributed by atoms with Crippen LogP contribution in [0.1, 0.15) is 13.3 Å².